The maximum Gasteiger partial charge on any atom is 0.276 e. The summed E-state index contributed by atoms with van der Waals surface area (Å²) in [6, 6.07) is 0. The van der Waals surface area contributed by atoms with Crippen molar-refractivity contribution in [3.05, 3.63) is 0 Å². The zero-order valence-corrected chi connectivity index (χ0v) is 12.2. The molecule has 0 aliphatic heterocycles. The Kier molecular flexibility index (Phi) is 4.90. The molecule has 0 radical (unpaired) electrons. The number of rotatable bonds is 4. The van der Waals surface area contributed by atoms with Crippen LogP contribution in [-0.2, 0) is 14.9 Å². The van der Waals surface area contributed by atoms with Gasteiger partial charge in [0.25, 0.3) is 10.1 Å². The summed E-state index contributed by atoms with van der Waals surface area (Å²) in [7, 11) is -4.38. The van der Waals surface area contributed by atoms with E-state index >= 15 is 0 Å². The van der Waals surface area contributed by atoms with E-state index in [1.54, 1.807) is 20.8 Å². The molecule has 0 aliphatic rings. The van der Waals surface area contributed by atoms with Crippen molar-refractivity contribution in [1.29, 1.82) is 0 Å². The molecule has 1 unspecified atom stereocenters. The average Bonchev–Trinajstić information content (AvgIpc) is 1.97. The Morgan fingerprint density at radius 2 is 1.59 bits per heavy atom. The highest BCUT2D eigenvalue weighted by Gasteiger charge is 2.38. The summed E-state index contributed by atoms with van der Waals surface area (Å²) in [6.07, 6.45) is 0. The SMILES string of the molecule is CC(C)(C)NCC(C(=O)C(C)(C)C)S(=O)(=O)O. The quantitative estimate of drug-likeness (QED) is 0.747. The number of carbonyl (C=O) groups is 1. The summed E-state index contributed by atoms with van der Waals surface area (Å²) in [4.78, 5) is 11.9. The lowest BCUT2D eigenvalue weighted by molar-refractivity contribution is -0.125. The molecule has 0 aromatic rings. The van der Waals surface area contributed by atoms with E-state index in [9.17, 15) is 13.2 Å². The topological polar surface area (TPSA) is 83.5 Å². The minimum Gasteiger partial charge on any atom is -0.310 e. The van der Waals surface area contributed by atoms with E-state index in [0.717, 1.165) is 0 Å². The fourth-order valence-electron chi connectivity index (χ4n) is 1.22. The molecule has 0 bridgehead atoms. The summed E-state index contributed by atoms with van der Waals surface area (Å²) in [6.45, 7) is 10.4. The normalized spacial score (nSPS) is 15.7. The van der Waals surface area contributed by atoms with Crippen LogP contribution < -0.4 is 5.32 Å². The predicted molar refractivity (Wildman–Crippen MR) is 67.6 cm³/mol. The maximum atomic E-state index is 11.9. The molecule has 0 aromatic carbocycles. The first-order valence-corrected chi connectivity index (χ1v) is 7.01. The molecule has 0 amide bonds. The summed E-state index contributed by atoms with van der Waals surface area (Å²) in [5.41, 5.74) is -1.12. The van der Waals surface area contributed by atoms with E-state index in [2.05, 4.69) is 5.32 Å². The Morgan fingerprint density at radius 3 is 1.82 bits per heavy atom. The van der Waals surface area contributed by atoms with Crippen LogP contribution >= 0.6 is 0 Å². The van der Waals surface area contributed by atoms with Crippen molar-refractivity contribution >= 4 is 15.9 Å². The van der Waals surface area contributed by atoms with Gasteiger partial charge in [0.05, 0.1) is 0 Å². The average molecular weight is 265 g/mol. The van der Waals surface area contributed by atoms with Crippen LogP contribution in [0.2, 0.25) is 0 Å². The second-order valence-electron chi connectivity index (χ2n) is 6.25. The molecule has 102 valence electrons. The number of nitrogens with one attached hydrogen (secondary N) is 1. The van der Waals surface area contributed by atoms with Gasteiger partial charge < -0.3 is 5.32 Å². The van der Waals surface area contributed by atoms with Crippen LogP contribution in [0.4, 0.5) is 0 Å². The molecule has 0 fully saturated rings. The summed E-state index contributed by atoms with van der Waals surface area (Å²) < 4.78 is 31.6. The lowest BCUT2D eigenvalue weighted by Gasteiger charge is -2.27. The highest BCUT2D eigenvalue weighted by molar-refractivity contribution is 7.87. The van der Waals surface area contributed by atoms with Crippen LogP contribution in [0, 0.1) is 5.41 Å². The fourth-order valence-corrected chi connectivity index (χ4v) is 2.13. The smallest absolute Gasteiger partial charge is 0.276 e. The van der Waals surface area contributed by atoms with Gasteiger partial charge in [0.15, 0.2) is 11.0 Å². The van der Waals surface area contributed by atoms with Gasteiger partial charge in [-0.15, -0.1) is 0 Å². The van der Waals surface area contributed by atoms with Gasteiger partial charge in [-0.25, -0.2) is 0 Å². The monoisotopic (exact) mass is 265 g/mol. The van der Waals surface area contributed by atoms with E-state index in [4.69, 9.17) is 4.55 Å². The van der Waals surface area contributed by atoms with E-state index in [1.165, 1.54) is 0 Å². The third-order valence-corrected chi connectivity index (χ3v) is 3.31. The van der Waals surface area contributed by atoms with Crippen molar-refractivity contribution in [2.75, 3.05) is 6.54 Å². The molecule has 0 aromatic heterocycles. The first kappa shape index (κ1) is 16.5. The maximum absolute atomic E-state index is 11.9. The first-order valence-electron chi connectivity index (χ1n) is 5.51. The zero-order valence-electron chi connectivity index (χ0n) is 11.4. The van der Waals surface area contributed by atoms with E-state index in [-0.39, 0.29) is 12.1 Å². The molecule has 0 saturated carbocycles. The Labute approximate surface area is 104 Å². The lowest BCUT2D eigenvalue weighted by Crippen LogP contribution is -2.49. The minimum absolute atomic E-state index is 0.0849. The molecule has 2 N–H and O–H groups in total. The summed E-state index contributed by atoms with van der Waals surface area (Å²) in [5.74, 6) is -0.489. The molecule has 0 spiro atoms. The van der Waals surface area contributed by atoms with Gasteiger partial charge in [-0.1, -0.05) is 20.8 Å². The van der Waals surface area contributed by atoms with Gasteiger partial charge in [0.1, 0.15) is 0 Å². The second kappa shape index (κ2) is 5.04. The molecule has 0 saturated heterocycles. The second-order valence-corrected chi connectivity index (χ2v) is 7.85. The molecule has 17 heavy (non-hydrogen) atoms. The van der Waals surface area contributed by atoms with Crippen LogP contribution in [0.15, 0.2) is 0 Å². The third kappa shape index (κ3) is 6.14. The van der Waals surface area contributed by atoms with E-state index in [0.29, 0.717) is 0 Å². The number of Topliss-reactive ketones (excluding diaryl/α,β-unsaturated/α-hetero) is 1. The van der Waals surface area contributed by atoms with Crippen LogP contribution in [0.5, 0.6) is 0 Å². The van der Waals surface area contributed by atoms with Crippen molar-refractivity contribution < 1.29 is 17.8 Å². The molecule has 6 heteroatoms. The Morgan fingerprint density at radius 1 is 1.18 bits per heavy atom. The highest BCUT2D eigenvalue weighted by atomic mass is 32.2. The Bertz CT molecular complexity index is 373. The highest BCUT2D eigenvalue weighted by Crippen LogP contribution is 2.20. The molecule has 5 nitrogen and oxygen atoms in total. The molecule has 0 rings (SSSR count). The Hall–Kier alpha value is -0.460. The first-order chi connectivity index (χ1) is 7.25. The standard InChI is InChI=1S/C11H23NO4S/c1-10(2,3)9(13)8(17(14,15)16)7-12-11(4,5)6/h8,12H,7H2,1-6H3,(H,14,15,16). The van der Waals surface area contributed by atoms with Crippen LogP contribution in [0.25, 0.3) is 0 Å². The molecular weight excluding hydrogens is 242 g/mol. The van der Waals surface area contributed by atoms with Gasteiger partial charge in [0.2, 0.25) is 0 Å². The fraction of sp³-hybridized carbons (Fsp3) is 0.909. The molecule has 0 heterocycles. The van der Waals surface area contributed by atoms with Gasteiger partial charge in [-0.2, -0.15) is 8.42 Å². The number of ketones is 1. The van der Waals surface area contributed by atoms with Crippen LogP contribution in [0.3, 0.4) is 0 Å². The summed E-state index contributed by atoms with van der Waals surface area (Å²) >= 11 is 0. The van der Waals surface area contributed by atoms with Crippen molar-refractivity contribution in [1.82, 2.24) is 5.32 Å². The molecule has 0 aliphatic carbocycles. The van der Waals surface area contributed by atoms with Gasteiger partial charge in [-0.3, -0.25) is 9.35 Å². The van der Waals surface area contributed by atoms with Crippen molar-refractivity contribution in [2.45, 2.75) is 52.3 Å². The summed E-state index contributed by atoms with van der Waals surface area (Å²) in [5, 5.41) is 1.51. The number of carbonyl (C=O) groups excluding carboxylic acids is 1. The molecular formula is C11H23NO4S. The van der Waals surface area contributed by atoms with Crippen LogP contribution in [-0.4, -0.2) is 36.1 Å². The van der Waals surface area contributed by atoms with Gasteiger partial charge in [0, 0.05) is 17.5 Å². The lowest BCUT2D eigenvalue weighted by atomic mass is 9.88. The zero-order chi connectivity index (χ0) is 14.1. The predicted octanol–water partition coefficient (Wildman–Crippen LogP) is 1.25. The van der Waals surface area contributed by atoms with Gasteiger partial charge >= 0.3 is 0 Å². The largest absolute Gasteiger partial charge is 0.310 e. The van der Waals surface area contributed by atoms with Crippen molar-refractivity contribution in [3.63, 3.8) is 0 Å². The van der Waals surface area contributed by atoms with Crippen molar-refractivity contribution in [2.24, 2.45) is 5.41 Å². The third-order valence-electron chi connectivity index (χ3n) is 2.21. The number of hydrogen-bond donors (Lipinski definition) is 2. The van der Waals surface area contributed by atoms with Crippen molar-refractivity contribution in [3.8, 4) is 0 Å². The van der Waals surface area contributed by atoms with Gasteiger partial charge in [-0.05, 0) is 20.8 Å². The minimum atomic E-state index is -4.38. The molecule has 1 atom stereocenters. The van der Waals surface area contributed by atoms with E-state index in [1.807, 2.05) is 20.8 Å². The Balaban J connectivity index is 5.01. The number of hydrogen-bond acceptors (Lipinski definition) is 4. The van der Waals surface area contributed by atoms with E-state index < -0.39 is 26.6 Å². The van der Waals surface area contributed by atoms with Crippen LogP contribution in [0.1, 0.15) is 41.5 Å².